The van der Waals surface area contributed by atoms with Crippen LogP contribution in [0.3, 0.4) is 0 Å². The van der Waals surface area contributed by atoms with Gasteiger partial charge in [0.2, 0.25) is 0 Å². The van der Waals surface area contributed by atoms with E-state index in [1.807, 2.05) is 0 Å². The van der Waals surface area contributed by atoms with Gasteiger partial charge in [0, 0.05) is 11.3 Å². The number of nitrogens with one attached hydrogen (secondary N) is 1. The maximum Gasteiger partial charge on any atom is 0.255 e. The molecule has 0 aromatic heterocycles. The predicted molar refractivity (Wildman–Crippen MR) is 54.4 cm³/mol. The number of hydrogen-bond donors (Lipinski definition) is 1. The van der Waals surface area contributed by atoms with Crippen molar-refractivity contribution in [1.29, 1.82) is 0 Å². The fourth-order valence-corrected chi connectivity index (χ4v) is 0.837. The van der Waals surface area contributed by atoms with Crippen molar-refractivity contribution >= 4 is 11.6 Å². The molecule has 72 valence electrons. The summed E-state index contributed by atoms with van der Waals surface area (Å²) in [5.41, 5.74) is 0.800. The molecule has 0 unspecified atom stereocenters. The summed E-state index contributed by atoms with van der Waals surface area (Å²) < 4.78 is 12.5. The van der Waals surface area contributed by atoms with Crippen LogP contribution in [0.1, 0.15) is 0 Å². The Morgan fingerprint density at radius 2 is 1.93 bits per heavy atom. The Kier molecular flexibility index (Phi) is 3.18. The zero-order valence-corrected chi connectivity index (χ0v) is 7.59. The first-order chi connectivity index (χ1) is 6.63. The normalized spacial score (nSPS) is 9.21. The van der Waals surface area contributed by atoms with Crippen molar-refractivity contribution in [2.75, 3.05) is 5.32 Å². The fraction of sp³-hybridized carbons (Fsp3) is 0. The highest BCUT2D eigenvalue weighted by Gasteiger charge is 2.03. The van der Waals surface area contributed by atoms with Crippen molar-refractivity contribution < 1.29 is 9.18 Å². The van der Waals surface area contributed by atoms with Crippen LogP contribution in [0.25, 0.3) is 0 Å². The van der Waals surface area contributed by atoms with Crippen LogP contribution >= 0.6 is 0 Å². The molecule has 0 atom stereocenters. The molecule has 0 aliphatic rings. The van der Waals surface area contributed by atoms with Crippen LogP contribution in [-0.4, -0.2) is 5.91 Å². The standard InChI is InChI=1S/C11H10FNO/c1-3-8(2)11(14)13-10-6-4-9(12)5-7-10/h3-7H,1-2H2,(H,13,14). The molecule has 0 aliphatic heterocycles. The molecule has 2 nitrogen and oxygen atoms in total. The maximum absolute atomic E-state index is 12.5. The highest BCUT2D eigenvalue weighted by molar-refractivity contribution is 6.05. The second-order valence-corrected chi connectivity index (χ2v) is 2.69. The Labute approximate surface area is 81.8 Å². The SMILES string of the molecule is C=CC(=C)C(=O)Nc1ccc(F)cc1. The molecular formula is C11H10FNO. The summed E-state index contributed by atoms with van der Waals surface area (Å²) in [4.78, 5) is 11.3. The van der Waals surface area contributed by atoms with E-state index >= 15 is 0 Å². The lowest BCUT2D eigenvalue weighted by molar-refractivity contribution is -0.112. The minimum absolute atomic E-state index is 0.273. The smallest absolute Gasteiger partial charge is 0.255 e. The van der Waals surface area contributed by atoms with E-state index in [0.29, 0.717) is 5.69 Å². The van der Waals surface area contributed by atoms with E-state index in [1.54, 1.807) is 0 Å². The third-order valence-electron chi connectivity index (χ3n) is 1.64. The quantitative estimate of drug-likeness (QED) is 0.577. The van der Waals surface area contributed by atoms with Gasteiger partial charge in [0.05, 0.1) is 0 Å². The van der Waals surface area contributed by atoms with E-state index in [4.69, 9.17) is 0 Å². The van der Waals surface area contributed by atoms with Gasteiger partial charge in [-0.25, -0.2) is 4.39 Å². The van der Waals surface area contributed by atoms with Gasteiger partial charge in [-0.3, -0.25) is 4.79 Å². The summed E-state index contributed by atoms with van der Waals surface area (Å²) in [6, 6.07) is 5.49. The lowest BCUT2D eigenvalue weighted by atomic mass is 10.2. The summed E-state index contributed by atoms with van der Waals surface area (Å²) >= 11 is 0. The molecule has 1 aromatic rings. The van der Waals surface area contributed by atoms with Crippen LogP contribution in [0.2, 0.25) is 0 Å². The van der Waals surface area contributed by atoms with Gasteiger partial charge in [0.15, 0.2) is 0 Å². The molecule has 0 radical (unpaired) electrons. The fourth-order valence-electron chi connectivity index (χ4n) is 0.837. The molecule has 0 saturated heterocycles. The monoisotopic (exact) mass is 191 g/mol. The summed E-state index contributed by atoms with van der Waals surface area (Å²) in [7, 11) is 0. The van der Waals surface area contributed by atoms with Crippen molar-refractivity contribution in [3.05, 3.63) is 54.9 Å². The largest absolute Gasteiger partial charge is 0.322 e. The number of amides is 1. The molecular weight excluding hydrogens is 181 g/mol. The van der Waals surface area contributed by atoms with Crippen LogP contribution in [0.5, 0.6) is 0 Å². The van der Waals surface area contributed by atoms with Crippen LogP contribution in [0.15, 0.2) is 49.1 Å². The minimum atomic E-state index is -0.342. The second-order valence-electron chi connectivity index (χ2n) is 2.69. The van der Waals surface area contributed by atoms with E-state index in [2.05, 4.69) is 18.5 Å². The highest BCUT2D eigenvalue weighted by atomic mass is 19.1. The number of hydrogen-bond acceptors (Lipinski definition) is 1. The lowest BCUT2D eigenvalue weighted by Crippen LogP contribution is -2.12. The molecule has 1 rings (SSSR count). The number of carbonyl (C=O) groups excluding carboxylic acids is 1. The lowest BCUT2D eigenvalue weighted by Gasteiger charge is -2.03. The average Bonchev–Trinajstić information content (AvgIpc) is 2.20. The van der Waals surface area contributed by atoms with Gasteiger partial charge >= 0.3 is 0 Å². The molecule has 1 aromatic carbocycles. The van der Waals surface area contributed by atoms with Crippen LogP contribution in [0.4, 0.5) is 10.1 Å². The van der Waals surface area contributed by atoms with E-state index in [1.165, 1.54) is 30.3 Å². The molecule has 14 heavy (non-hydrogen) atoms. The van der Waals surface area contributed by atoms with E-state index in [-0.39, 0.29) is 17.3 Å². The molecule has 0 spiro atoms. The molecule has 1 N–H and O–H groups in total. The number of carbonyl (C=O) groups is 1. The Bertz CT molecular complexity index is 367. The summed E-state index contributed by atoms with van der Waals surface area (Å²) in [6.45, 7) is 6.90. The van der Waals surface area contributed by atoms with Gasteiger partial charge in [-0.05, 0) is 24.3 Å². The molecule has 0 fully saturated rings. The van der Waals surface area contributed by atoms with Crippen LogP contribution in [0, 0.1) is 5.82 Å². The van der Waals surface area contributed by atoms with Crippen molar-refractivity contribution in [2.45, 2.75) is 0 Å². The van der Waals surface area contributed by atoms with Gasteiger partial charge in [-0.2, -0.15) is 0 Å². The van der Waals surface area contributed by atoms with Gasteiger partial charge < -0.3 is 5.32 Å². The number of anilines is 1. The van der Waals surface area contributed by atoms with E-state index in [0.717, 1.165) is 0 Å². The van der Waals surface area contributed by atoms with Crippen molar-refractivity contribution in [2.24, 2.45) is 0 Å². The van der Waals surface area contributed by atoms with E-state index < -0.39 is 0 Å². The van der Waals surface area contributed by atoms with E-state index in [9.17, 15) is 9.18 Å². The Balaban J connectivity index is 2.70. The number of halogens is 1. The zero-order chi connectivity index (χ0) is 10.6. The highest BCUT2D eigenvalue weighted by Crippen LogP contribution is 2.09. The third kappa shape index (κ3) is 2.55. The second kappa shape index (κ2) is 4.37. The maximum atomic E-state index is 12.5. The zero-order valence-electron chi connectivity index (χ0n) is 7.59. The summed E-state index contributed by atoms with van der Waals surface area (Å²) in [6.07, 6.45) is 1.36. The van der Waals surface area contributed by atoms with Crippen molar-refractivity contribution in [3.8, 4) is 0 Å². The first kappa shape index (κ1) is 10.2. The Morgan fingerprint density at radius 1 is 1.36 bits per heavy atom. The molecule has 0 bridgehead atoms. The summed E-state index contributed by atoms with van der Waals surface area (Å²) in [5.74, 6) is -0.683. The summed E-state index contributed by atoms with van der Waals surface area (Å²) in [5, 5.41) is 2.54. The Morgan fingerprint density at radius 3 is 2.43 bits per heavy atom. The minimum Gasteiger partial charge on any atom is -0.322 e. The molecule has 0 saturated carbocycles. The Hall–Kier alpha value is -1.90. The number of benzene rings is 1. The van der Waals surface area contributed by atoms with Crippen LogP contribution in [-0.2, 0) is 4.79 Å². The van der Waals surface area contributed by atoms with Gasteiger partial charge in [-0.1, -0.05) is 19.2 Å². The van der Waals surface area contributed by atoms with Crippen LogP contribution < -0.4 is 5.32 Å². The predicted octanol–water partition coefficient (Wildman–Crippen LogP) is 2.51. The number of rotatable bonds is 3. The molecule has 1 amide bonds. The molecule has 3 heteroatoms. The first-order valence-corrected chi connectivity index (χ1v) is 4.01. The van der Waals surface area contributed by atoms with Crippen molar-refractivity contribution in [1.82, 2.24) is 0 Å². The molecule has 0 heterocycles. The topological polar surface area (TPSA) is 29.1 Å². The average molecular weight is 191 g/mol. The third-order valence-corrected chi connectivity index (χ3v) is 1.64. The van der Waals surface area contributed by atoms with Gasteiger partial charge in [0.1, 0.15) is 5.82 Å². The van der Waals surface area contributed by atoms with Crippen molar-refractivity contribution in [3.63, 3.8) is 0 Å². The van der Waals surface area contributed by atoms with Gasteiger partial charge in [0.25, 0.3) is 5.91 Å². The first-order valence-electron chi connectivity index (χ1n) is 4.01. The molecule has 0 aliphatic carbocycles. The van der Waals surface area contributed by atoms with Gasteiger partial charge in [-0.15, -0.1) is 0 Å².